The Morgan fingerprint density at radius 1 is 0.905 bits per heavy atom. The smallest absolute Gasteiger partial charge is 0.329 e. The number of carboxylic acids is 1. The van der Waals surface area contributed by atoms with E-state index in [0.717, 1.165) is 0 Å². The number of ether oxygens (including phenoxy) is 3. The molecule has 0 amide bonds. The second-order valence-electron chi connectivity index (χ2n) is 6.28. The molecule has 0 heterocycles. The summed E-state index contributed by atoms with van der Waals surface area (Å²) in [6, 6.07) is 0. The van der Waals surface area contributed by atoms with E-state index >= 15 is 0 Å². The van der Waals surface area contributed by atoms with Gasteiger partial charge in [0.15, 0.2) is 8.32 Å². The van der Waals surface area contributed by atoms with Crippen LogP contribution in [0.3, 0.4) is 0 Å². The van der Waals surface area contributed by atoms with E-state index in [1.807, 2.05) is 0 Å². The molecule has 6 nitrogen and oxygen atoms in total. The molecule has 7 heteroatoms. The average Bonchev–Trinajstić information content (AvgIpc) is 2.34. The normalized spacial score (nSPS) is 12.6. The van der Waals surface area contributed by atoms with Crippen molar-refractivity contribution in [3.63, 3.8) is 0 Å². The van der Waals surface area contributed by atoms with Gasteiger partial charge in [0.1, 0.15) is 6.61 Å². The van der Waals surface area contributed by atoms with Crippen LogP contribution in [-0.4, -0.2) is 65.6 Å². The number of rotatable bonds is 12. The highest BCUT2D eigenvalue weighted by molar-refractivity contribution is 6.74. The molecule has 126 valence electrons. The first-order valence-corrected chi connectivity index (χ1v) is 10.2. The topological polar surface area (TPSA) is 74.2 Å². The summed E-state index contributed by atoms with van der Waals surface area (Å²) in [5, 5.41) is 8.56. The molecule has 0 aliphatic rings. The Morgan fingerprint density at radius 2 is 1.33 bits per heavy atom. The fourth-order valence-electron chi connectivity index (χ4n) is 1.17. The maximum absolute atomic E-state index is 10.2. The van der Waals surface area contributed by atoms with E-state index in [4.69, 9.17) is 23.7 Å². The maximum Gasteiger partial charge on any atom is 0.329 e. The van der Waals surface area contributed by atoms with Gasteiger partial charge in [0.25, 0.3) is 0 Å². The molecule has 1 N–H and O–H groups in total. The summed E-state index contributed by atoms with van der Waals surface area (Å²) < 4.78 is 21.5. The van der Waals surface area contributed by atoms with Crippen molar-refractivity contribution in [2.24, 2.45) is 0 Å². The van der Waals surface area contributed by atoms with Crippen LogP contribution in [0.15, 0.2) is 0 Å². The summed E-state index contributed by atoms with van der Waals surface area (Å²) in [6.07, 6.45) is 0. The first-order chi connectivity index (χ1) is 9.67. The summed E-state index contributed by atoms with van der Waals surface area (Å²) in [7, 11) is -1.68. The molecule has 0 radical (unpaired) electrons. The predicted octanol–water partition coefficient (Wildman–Crippen LogP) is 2.14. The first-order valence-electron chi connectivity index (χ1n) is 7.26. The zero-order valence-corrected chi connectivity index (χ0v) is 14.9. The van der Waals surface area contributed by atoms with E-state index in [1.165, 1.54) is 0 Å². The number of hydrogen-bond donors (Lipinski definition) is 1. The van der Waals surface area contributed by atoms with Crippen molar-refractivity contribution in [1.82, 2.24) is 0 Å². The van der Waals surface area contributed by atoms with Gasteiger partial charge in [0, 0.05) is 0 Å². The maximum atomic E-state index is 10.2. The summed E-state index contributed by atoms with van der Waals surface area (Å²) >= 11 is 0. The third-order valence-corrected chi connectivity index (χ3v) is 8.00. The summed E-state index contributed by atoms with van der Waals surface area (Å²) in [5.41, 5.74) is 0. The Morgan fingerprint density at radius 3 is 1.76 bits per heavy atom. The first kappa shape index (κ1) is 20.5. The Bertz CT molecular complexity index is 288. The van der Waals surface area contributed by atoms with E-state index in [0.29, 0.717) is 33.0 Å². The fourth-order valence-corrected chi connectivity index (χ4v) is 2.20. The van der Waals surface area contributed by atoms with E-state index < -0.39 is 14.3 Å². The largest absolute Gasteiger partial charge is 0.480 e. The molecule has 0 aromatic carbocycles. The van der Waals surface area contributed by atoms with Crippen LogP contribution in [0.1, 0.15) is 20.8 Å². The molecule has 0 atom stereocenters. The Labute approximate surface area is 128 Å². The molecular formula is C14H30O6Si. The number of carboxylic acid groups (broad SMARTS) is 1. The van der Waals surface area contributed by atoms with Crippen LogP contribution >= 0.6 is 0 Å². The Hall–Kier alpha value is -0.473. The Kier molecular flexibility index (Phi) is 10.1. The lowest BCUT2D eigenvalue weighted by molar-refractivity contribution is -0.142. The number of aliphatic carboxylic acids is 1. The quantitative estimate of drug-likeness (QED) is 0.438. The van der Waals surface area contributed by atoms with Crippen molar-refractivity contribution in [1.29, 1.82) is 0 Å². The molecule has 0 saturated carbocycles. The molecule has 0 rings (SSSR count). The highest BCUT2D eigenvalue weighted by Gasteiger charge is 2.36. The molecule has 0 aliphatic carbocycles. The Balaban J connectivity index is 3.36. The van der Waals surface area contributed by atoms with Gasteiger partial charge in [-0.25, -0.2) is 4.79 Å². The summed E-state index contributed by atoms with van der Waals surface area (Å²) in [4.78, 5) is 10.2. The highest BCUT2D eigenvalue weighted by atomic mass is 28.4. The van der Waals surface area contributed by atoms with Crippen molar-refractivity contribution < 1.29 is 28.5 Å². The van der Waals surface area contributed by atoms with Crippen LogP contribution in [0, 0.1) is 0 Å². The second-order valence-corrected chi connectivity index (χ2v) is 11.1. The van der Waals surface area contributed by atoms with Gasteiger partial charge in [-0.15, -0.1) is 0 Å². The molecule has 0 aromatic heterocycles. The lowest BCUT2D eigenvalue weighted by atomic mass is 10.2. The molecule has 0 aromatic rings. The van der Waals surface area contributed by atoms with Crippen LogP contribution in [0.25, 0.3) is 0 Å². The predicted molar refractivity (Wildman–Crippen MR) is 83.2 cm³/mol. The van der Waals surface area contributed by atoms with Crippen LogP contribution in [0.2, 0.25) is 18.1 Å². The number of carbonyl (C=O) groups is 1. The lowest BCUT2D eigenvalue weighted by Gasteiger charge is -2.36. The van der Waals surface area contributed by atoms with Gasteiger partial charge < -0.3 is 23.7 Å². The van der Waals surface area contributed by atoms with Gasteiger partial charge >= 0.3 is 5.97 Å². The molecule has 0 fully saturated rings. The van der Waals surface area contributed by atoms with Crippen LogP contribution in [-0.2, 0) is 23.4 Å². The van der Waals surface area contributed by atoms with Gasteiger partial charge in [-0.2, -0.15) is 0 Å². The molecule has 0 bridgehead atoms. The zero-order valence-electron chi connectivity index (χ0n) is 13.9. The van der Waals surface area contributed by atoms with Crippen LogP contribution in [0.5, 0.6) is 0 Å². The molecule has 0 aliphatic heterocycles. The SMILES string of the molecule is CC(C)(C)[Si](C)(C)OCCOCCOCCOCC(=O)O. The molecule has 0 spiro atoms. The van der Waals surface area contributed by atoms with Gasteiger partial charge in [-0.05, 0) is 18.1 Å². The third-order valence-electron chi connectivity index (χ3n) is 3.47. The second kappa shape index (κ2) is 10.3. The minimum atomic E-state index is -1.68. The van der Waals surface area contributed by atoms with Gasteiger partial charge in [0.05, 0.1) is 39.6 Å². The van der Waals surface area contributed by atoms with Gasteiger partial charge in [-0.1, -0.05) is 20.8 Å². The fraction of sp³-hybridized carbons (Fsp3) is 0.929. The minimum absolute atomic E-state index is 0.214. The summed E-state index contributed by atoms with van der Waals surface area (Å²) in [6.45, 7) is 13.6. The molecule has 0 saturated heterocycles. The average molecular weight is 322 g/mol. The molecule has 0 unspecified atom stereocenters. The van der Waals surface area contributed by atoms with Crippen molar-refractivity contribution in [2.45, 2.75) is 38.9 Å². The lowest BCUT2D eigenvalue weighted by Crippen LogP contribution is -2.41. The third kappa shape index (κ3) is 10.8. The van der Waals surface area contributed by atoms with E-state index in [9.17, 15) is 4.79 Å². The summed E-state index contributed by atoms with van der Waals surface area (Å²) in [5.74, 6) is -0.972. The van der Waals surface area contributed by atoms with E-state index in [-0.39, 0.29) is 18.3 Å². The van der Waals surface area contributed by atoms with Crippen LogP contribution in [0.4, 0.5) is 0 Å². The van der Waals surface area contributed by atoms with Gasteiger partial charge in [0.2, 0.25) is 0 Å². The monoisotopic (exact) mass is 322 g/mol. The molecular weight excluding hydrogens is 292 g/mol. The van der Waals surface area contributed by atoms with Crippen LogP contribution < -0.4 is 0 Å². The van der Waals surface area contributed by atoms with E-state index in [2.05, 4.69) is 33.9 Å². The van der Waals surface area contributed by atoms with Crippen molar-refractivity contribution in [2.75, 3.05) is 46.2 Å². The number of hydrogen-bond acceptors (Lipinski definition) is 5. The highest BCUT2D eigenvalue weighted by Crippen LogP contribution is 2.36. The van der Waals surface area contributed by atoms with Crippen molar-refractivity contribution in [3.05, 3.63) is 0 Å². The van der Waals surface area contributed by atoms with Crippen molar-refractivity contribution >= 4 is 14.3 Å². The molecule has 21 heavy (non-hydrogen) atoms. The van der Waals surface area contributed by atoms with Gasteiger partial charge in [-0.3, -0.25) is 0 Å². The van der Waals surface area contributed by atoms with E-state index in [1.54, 1.807) is 0 Å². The zero-order chi connectivity index (χ0) is 16.4. The van der Waals surface area contributed by atoms with Crippen molar-refractivity contribution in [3.8, 4) is 0 Å². The standard InChI is InChI=1S/C14H30O6Si/c1-14(2,3)21(4,5)20-11-10-18-7-6-17-8-9-19-12-13(15)16/h6-12H2,1-5H3,(H,15,16). The minimum Gasteiger partial charge on any atom is -0.480 e.